The lowest BCUT2D eigenvalue weighted by Gasteiger charge is -2.06. The number of hydrogen-bond donors (Lipinski definition) is 3. The molecule has 0 aliphatic carbocycles. The number of amides is 1. The molecule has 0 radical (unpaired) electrons. The zero-order chi connectivity index (χ0) is 11.8. The lowest BCUT2D eigenvalue weighted by molar-refractivity contribution is -0.122. The molecule has 7 nitrogen and oxygen atoms in total. The zero-order valence-corrected chi connectivity index (χ0v) is 9.06. The standard InChI is InChI=1S/C9H15N5O2/c1-11-9-13-3-2-8(14-9)12-4-5-16-6-7(10)15/h2-3H,4-6H2,1H3,(H2,10,15)(H2,11,12,13,14). The number of nitrogens with two attached hydrogens (primary N) is 1. The van der Waals surface area contributed by atoms with Crippen molar-refractivity contribution in [2.45, 2.75) is 0 Å². The molecule has 0 spiro atoms. The van der Waals surface area contributed by atoms with Gasteiger partial charge in [0.05, 0.1) is 6.61 Å². The molecule has 0 unspecified atom stereocenters. The first-order chi connectivity index (χ1) is 7.72. The van der Waals surface area contributed by atoms with Gasteiger partial charge in [0.25, 0.3) is 0 Å². The molecule has 0 saturated heterocycles. The molecule has 0 saturated carbocycles. The Morgan fingerprint density at radius 1 is 1.62 bits per heavy atom. The Kier molecular flexibility index (Phi) is 5.00. The second kappa shape index (κ2) is 6.57. The monoisotopic (exact) mass is 225 g/mol. The van der Waals surface area contributed by atoms with Crippen LogP contribution in [0.5, 0.6) is 0 Å². The Bertz CT molecular complexity index is 344. The van der Waals surface area contributed by atoms with Crippen molar-refractivity contribution >= 4 is 17.7 Å². The fourth-order valence-electron chi connectivity index (χ4n) is 1.00. The number of carbonyl (C=O) groups excluding carboxylic acids is 1. The Morgan fingerprint density at radius 3 is 3.12 bits per heavy atom. The Labute approximate surface area is 93.4 Å². The summed E-state index contributed by atoms with van der Waals surface area (Å²) in [6, 6.07) is 1.74. The largest absolute Gasteiger partial charge is 0.370 e. The van der Waals surface area contributed by atoms with E-state index in [1.165, 1.54) is 0 Å². The first-order valence-corrected chi connectivity index (χ1v) is 4.83. The van der Waals surface area contributed by atoms with Crippen molar-refractivity contribution in [3.63, 3.8) is 0 Å². The molecule has 0 atom stereocenters. The van der Waals surface area contributed by atoms with Crippen molar-refractivity contribution in [1.29, 1.82) is 0 Å². The molecule has 16 heavy (non-hydrogen) atoms. The van der Waals surface area contributed by atoms with Crippen LogP contribution in [0.25, 0.3) is 0 Å². The minimum atomic E-state index is -0.473. The molecule has 88 valence electrons. The highest BCUT2D eigenvalue weighted by Gasteiger charge is 1.97. The molecule has 0 aliphatic heterocycles. The molecule has 0 aromatic carbocycles. The van der Waals surface area contributed by atoms with Gasteiger partial charge in [0.1, 0.15) is 12.4 Å². The summed E-state index contributed by atoms with van der Waals surface area (Å²) < 4.78 is 4.98. The van der Waals surface area contributed by atoms with Gasteiger partial charge in [-0.25, -0.2) is 4.98 Å². The molecule has 0 bridgehead atoms. The second-order valence-corrected chi connectivity index (χ2v) is 2.96. The number of rotatable bonds is 7. The van der Waals surface area contributed by atoms with E-state index in [1.807, 2.05) is 0 Å². The van der Waals surface area contributed by atoms with Crippen LogP contribution in [0.15, 0.2) is 12.3 Å². The predicted octanol–water partition coefficient (Wildman–Crippen LogP) is -0.568. The maximum Gasteiger partial charge on any atom is 0.243 e. The molecule has 4 N–H and O–H groups in total. The lowest BCUT2D eigenvalue weighted by atomic mass is 10.5. The number of carbonyl (C=O) groups is 1. The van der Waals surface area contributed by atoms with Gasteiger partial charge in [-0.1, -0.05) is 0 Å². The molecule has 1 heterocycles. The Hall–Kier alpha value is -1.89. The van der Waals surface area contributed by atoms with Gasteiger partial charge in [-0.15, -0.1) is 0 Å². The van der Waals surface area contributed by atoms with Crippen LogP contribution < -0.4 is 16.4 Å². The van der Waals surface area contributed by atoms with Crippen molar-refractivity contribution < 1.29 is 9.53 Å². The van der Waals surface area contributed by atoms with E-state index < -0.39 is 5.91 Å². The van der Waals surface area contributed by atoms with Crippen LogP contribution in [-0.2, 0) is 9.53 Å². The van der Waals surface area contributed by atoms with Crippen molar-refractivity contribution in [2.75, 3.05) is 37.4 Å². The minimum Gasteiger partial charge on any atom is -0.370 e. The van der Waals surface area contributed by atoms with E-state index in [-0.39, 0.29) is 6.61 Å². The van der Waals surface area contributed by atoms with E-state index in [4.69, 9.17) is 10.5 Å². The molecule has 1 amide bonds. The number of hydrogen-bond acceptors (Lipinski definition) is 6. The van der Waals surface area contributed by atoms with Crippen LogP contribution >= 0.6 is 0 Å². The van der Waals surface area contributed by atoms with Gasteiger partial charge in [0.15, 0.2) is 0 Å². The van der Waals surface area contributed by atoms with E-state index in [2.05, 4.69) is 20.6 Å². The van der Waals surface area contributed by atoms with Gasteiger partial charge in [0.2, 0.25) is 11.9 Å². The fraction of sp³-hybridized carbons (Fsp3) is 0.444. The predicted molar refractivity (Wildman–Crippen MR) is 60.1 cm³/mol. The average molecular weight is 225 g/mol. The van der Waals surface area contributed by atoms with Gasteiger partial charge in [-0.05, 0) is 6.07 Å². The summed E-state index contributed by atoms with van der Waals surface area (Å²) in [5.41, 5.74) is 4.91. The number of nitrogens with one attached hydrogen (secondary N) is 2. The molecule has 0 aliphatic rings. The number of aromatic nitrogens is 2. The van der Waals surface area contributed by atoms with E-state index in [0.717, 1.165) is 0 Å². The number of nitrogens with zero attached hydrogens (tertiary/aromatic N) is 2. The smallest absolute Gasteiger partial charge is 0.243 e. The number of ether oxygens (including phenoxy) is 1. The summed E-state index contributed by atoms with van der Waals surface area (Å²) >= 11 is 0. The van der Waals surface area contributed by atoms with Gasteiger partial charge in [-0.3, -0.25) is 4.79 Å². The second-order valence-electron chi connectivity index (χ2n) is 2.96. The van der Waals surface area contributed by atoms with Crippen LogP contribution in [0.4, 0.5) is 11.8 Å². The summed E-state index contributed by atoms with van der Waals surface area (Å²) in [6.45, 7) is 0.877. The fourth-order valence-corrected chi connectivity index (χ4v) is 1.00. The number of primary amides is 1. The maximum absolute atomic E-state index is 10.4. The van der Waals surface area contributed by atoms with Gasteiger partial charge in [-0.2, -0.15) is 4.98 Å². The summed E-state index contributed by atoms with van der Waals surface area (Å²) in [4.78, 5) is 18.5. The quantitative estimate of drug-likeness (QED) is 0.537. The third-order valence-corrected chi connectivity index (χ3v) is 1.68. The van der Waals surface area contributed by atoms with Gasteiger partial charge in [0, 0.05) is 19.8 Å². The van der Waals surface area contributed by atoms with Crippen LogP contribution in [0.3, 0.4) is 0 Å². The molecule has 1 aromatic heterocycles. The van der Waals surface area contributed by atoms with Crippen LogP contribution in [-0.4, -0.2) is 42.7 Å². The van der Waals surface area contributed by atoms with Crippen molar-refractivity contribution in [3.05, 3.63) is 12.3 Å². The topological polar surface area (TPSA) is 102 Å². The molecule has 1 rings (SSSR count). The molecule has 0 fully saturated rings. The first-order valence-electron chi connectivity index (χ1n) is 4.83. The van der Waals surface area contributed by atoms with Crippen molar-refractivity contribution in [2.24, 2.45) is 5.73 Å². The zero-order valence-electron chi connectivity index (χ0n) is 9.06. The normalized spacial score (nSPS) is 9.81. The Morgan fingerprint density at radius 2 is 2.44 bits per heavy atom. The maximum atomic E-state index is 10.4. The molecular weight excluding hydrogens is 210 g/mol. The highest BCUT2D eigenvalue weighted by molar-refractivity contribution is 5.74. The summed E-state index contributed by atoms with van der Waals surface area (Å²) in [5, 5.41) is 5.85. The minimum absolute atomic E-state index is 0.0623. The SMILES string of the molecule is CNc1nccc(NCCOCC(N)=O)n1. The third kappa shape index (κ3) is 4.56. The van der Waals surface area contributed by atoms with E-state index in [9.17, 15) is 4.79 Å². The summed E-state index contributed by atoms with van der Waals surface area (Å²) in [7, 11) is 1.75. The highest BCUT2D eigenvalue weighted by atomic mass is 16.5. The van der Waals surface area contributed by atoms with E-state index in [0.29, 0.717) is 24.9 Å². The van der Waals surface area contributed by atoms with E-state index in [1.54, 1.807) is 19.3 Å². The highest BCUT2D eigenvalue weighted by Crippen LogP contribution is 2.03. The van der Waals surface area contributed by atoms with Crippen molar-refractivity contribution in [3.8, 4) is 0 Å². The van der Waals surface area contributed by atoms with Crippen molar-refractivity contribution in [1.82, 2.24) is 9.97 Å². The summed E-state index contributed by atoms with van der Waals surface area (Å²) in [6.07, 6.45) is 1.64. The molecule has 7 heteroatoms. The molecule has 1 aromatic rings. The average Bonchev–Trinajstić information content (AvgIpc) is 2.28. The first kappa shape index (κ1) is 12.2. The lowest BCUT2D eigenvalue weighted by Crippen LogP contribution is -2.20. The summed E-state index contributed by atoms with van der Waals surface area (Å²) in [5.74, 6) is 0.768. The number of anilines is 2. The van der Waals surface area contributed by atoms with Crippen LogP contribution in [0.1, 0.15) is 0 Å². The molecular formula is C9H15N5O2. The van der Waals surface area contributed by atoms with Crippen LogP contribution in [0.2, 0.25) is 0 Å². The van der Waals surface area contributed by atoms with Crippen LogP contribution in [0, 0.1) is 0 Å². The van der Waals surface area contributed by atoms with Gasteiger partial charge >= 0.3 is 0 Å². The van der Waals surface area contributed by atoms with Gasteiger partial charge < -0.3 is 21.1 Å². The third-order valence-electron chi connectivity index (χ3n) is 1.68. The Balaban J connectivity index is 2.23. The van der Waals surface area contributed by atoms with E-state index >= 15 is 0 Å².